The summed E-state index contributed by atoms with van der Waals surface area (Å²) in [5.41, 5.74) is 10.4. The molecule has 0 aliphatic carbocycles. The quantitative estimate of drug-likeness (QED) is 0.513. The second-order valence-electron chi connectivity index (χ2n) is 6.30. The summed E-state index contributed by atoms with van der Waals surface area (Å²) >= 11 is 0. The fourth-order valence-corrected chi connectivity index (χ4v) is 3.21. The van der Waals surface area contributed by atoms with E-state index >= 15 is 0 Å². The first-order valence-electron chi connectivity index (χ1n) is 8.67. The summed E-state index contributed by atoms with van der Waals surface area (Å²) in [5.74, 6) is 1.45. The van der Waals surface area contributed by atoms with E-state index in [-0.39, 0.29) is 0 Å². The number of aromatic nitrogens is 1. The highest BCUT2D eigenvalue weighted by Crippen LogP contribution is 2.34. The average molecular weight is 356 g/mol. The zero-order valence-electron chi connectivity index (χ0n) is 15.3. The number of methoxy groups -OCH3 is 2. The monoisotopic (exact) mass is 356 g/mol. The third-order valence-corrected chi connectivity index (χ3v) is 4.55. The van der Waals surface area contributed by atoms with Crippen molar-refractivity contribution in [3.8, 4) is 34.0 Å². The second kappa shape index (κ2) is 7.00. The van der Waals surface area contributed by atoms with Crippen molar-refractivity contribution in [2.75, 3.05) is 20.0 Å². The molecule has 4 aromatic rings. The van der Waals surface area contributed by atoms with E-state index in [1.54, 1.807) is 14.2 Å². The molecule has 0 radical (unpaired) electrons. The van der Waals surface area contributed by atoms with Gasteiger partial charge in [-0.2, -0.15) is 0 Å². The molecule has 0 spiro atoms. The molecular formula is C23H20N2O2. The lowest BCUT2D eigenvalue weighted by molar-refractivity contribution is 0.394. The van der Waals surface area contributed by atoms with Gasteiger partial charge in [0, 0.05) is 28.3 Å². The topological polar surface area (TPSA) is 57.4 Å². The van der Waals surface area contributed by atoms with Gasteiger partial charge < -0.3 is 15.2 Å². The van der Waals surface area contributed by atoms with Gasteiger partial charge in [0.2, 0.25) is 0 Å². The van der Waals surface area contributed by atoms with Gasteiger partial charge in [-0.05, 0) is 35.7 Å². The van der Waals surface area contributed by atoms with Gasteiger partial charge in [-0.25, -0.2) is 4.98 Å². The van der Waals surface area contributed by atoms with Gasteiger partial charge in [0.1, 0.15) is 11.5 Å². The standard InChI is InChI=1S/C23H20N2O2/c1-26-19-11-17(12-20(14-19)27-2)22-13-15-6-3-4-9-21(15)23(25-22)16-7-5-8-18(24)10-16/h3-14H,24H2,1-2H3. The van der Waals surface area contributed by atoms with Gasteiger partial charge in [-0.1, -0.05) is 36.4 Å². The van der Waals surface area contributed by atoms with Crippen LogP contribution in [0.15, 0.2) is 72.8 Å². The highest BCUT2D eigenvalue weighted by atomic mass is 16.5. The zero-order valence-corrected chi connectivity index (χ0v) is 15.3. The van der Waals surface area contributed by atoms with E-state index < -0.39 is 0 Å². The molecule has 1 heterocycles. The summed E-state index contributed by atoms with van der Waals surface area (Å²) in [6.45, 7) is 0. The van der Waals surface area contributed by atoms with E-state index in [0.717, 1.165) is 44.8 Å². The normalized spacial score (nSPS) is 10.7. The molecule has 4 heteroatoms. The molecule has 0 aliphatic rings. The van der Waals surface area contributed by atoms with E-state index in [0.29, 0.717) is 5.69 Å². The lowest BCUT2D eigenvalue weighted by Gasteiger charge is -2.12. The Morgan fingerprint density at radius 2 is 1.48 bits per heavy atom. The summed E-state index contributed by atoms with van der Waals surface area (Å²) in [7, 11) is 3.29. The Balaban J connectivity index is 1.98. The van der Waals surface area contributed by atoms with Crippen LogP contribution >= 0.6 is 0 Å². The minimum atomic E-state index is 0.715. The predicted octanol–water partition coefficient (Wildman–Crippen LogP) is 5.17. The number of hydrogen-bond donors (Lipinski definition) is 1. The first kappa shape index (κ1) is 16.9. The van der Waals surface area contributed by atoms with Gasteiger partial charge in [-0.3, -0.25) is 0 Å². The number of nitrogens with zero attached hydrogens (tertiary/aromatic N) is 1. The maximum Gasteiger partial charge on any atom is 0.123 e. The molecule has 1 aromatic heterocycles. The maximum absolute atomic E-state index is 6.00. The molecule has 3 aromatic carbocycles. The molecule has 4 rings (SSSR count). The van der Waals surface area contributed by atoms with Crippen LogP contribution in [0.4, 0.5) is 5.69 Å². The molecule has 2 N–H and O–H groups in total. The number of hydrogen-bond acceptors (Lipinski definition) is 4. The van der Waals surface area contributed by atoms with E-state index in [2.05, 4.69) is 18.2 Å². The van der Waals surface area contributed by atoms with Crippen LogP contribution in [0.3, 0.4) is 0 Å². The predicted molar refractivity (Wildman–Crippen MR) is 110 cm³/mol. The van der Waals surface area contributed by atoms with Crippen LogP contribution in [0.1, 0.15) is 0 Å². The summed E-state index contributed by atoms with van der Waals surface area (Å²) in [6, 6.07) is 23.9. The third kappa shape index (κ3) is 3.29. The maximum atomic E-state index is 6.00. The Morgan fingerprint density at radius 1 is 0.741 bits per heavy atom. The van der Waals surface area contributed by atoms with E-state index in [1.165, 1.54) is 0 Å². The number of benzene rings is 3. The molecule has 0 amide bonds. The molecule has 27 heavy (non-hydrogen) atoms. The summed E-state index contributed by atoms with van der Waals surface area (Å²) in [4.78, 5) is 4.97. The fraction of sp³-hybridized carbons (Fsp3) is 0.0870. The fourth-order valence-electron chi connectivity index (χ4n) is 3.21. The lowest BCUT2D eigenvalue weighted by Crippen LogP contribution is -1.94. The van der Waals surface area contributed by atoms with Crippen molar-refractivity contribution in [2.24, 2.45) is 0 Å². The van der Waals surface area contributed by atoms with Crippen LogP contribution in [0, 0.1) is 0 Å². The van der Waals surface area contributed by atoms with Crippen molar-refractivity contribution in [1.29, 1.82) is 0 Å². The number of nitrogen functional groups attached to an aromatic ring is 1. The minimum Gasteiger partial charge on any atom is -0.497 e. The van der Waals surface area contributed by atoms with Gasteiger partial charge in [-0.15, -0.1) is 0 Å². The minimum absolute atomic E-state index is 0.715. The number of ether oxygens (including phenoxy) is 2. The molecule has 4 nitrogen and oxygen atoms in total. The second-order valence-corrected chi connectivity index (χ2v) is 6.30. The van der Waals surface area contributed by atoms with Gasteiger partial charge in [0.05, 0.1) is 25.6 Å². The molecule has 0 aliphatic heterocycles. The first-order chi connectivity index (χ1) is 13.2. The van der Waals surface area contributed by atoms with Crippen LogP contribution in [0.25, 0.3) is 33.3 Å². The zero-order chi connectivity index (χ0) is 18.8. The Hall–Kier alpha value is -3.53. The molecular weight excluding hydrogens is 336 g/mol. The van der Waals surface area contributed by atoms with Crippen LogP contribution in [0.5, 0.6) is 11.5 Å². The Kier molecular flexibility index (Phi) is 4.38. The number of nitrogens with two attached hydrogens (primary N) is 1. The van der Waals surface area contributed by atoms with Crippen molar-refractivity contribution >= 4 is 16.5 Å². The largest absolute Gasteiger partial charge is 0.497 e. The highest BCUT2D eigenvalue weighted by Gasteiger charge is 2.12. The smallest absolute Gasteiger partial charge is 0.123 e. The van der Waals surface area contributed by atoms with Crippen molar-refractivity contribution in [3.05, 3.63) is 72.8 Å². The number of fused-ring (bicyclic) bond motifs is 1. The SMILES string of the molecule is COc1cc(OC)cc(-c2cc3ccccc3c(-c3cccc(N)c3)n2)c1. The van der Waals surface area contributed by atoms with E-state index in [9.17, 15) is 0 Å². The van der Waals surface area contributed by atoms with Gasteiger partial charge in [0.25, 0.3) is 0 Å². The van der Waals surface area contributed by atoms with Gasteiger partial charge >= 0.3 is 0 Å². The third-order valence-electron chi connectivity index (χ3n) is 4.55. The number of pyridine rings is 1. The first-order valence-corrected chi connectivity index (χ1v) is 8.67. The van der Waals surface area contributed by atoms with Crippen LogP contribution in [-0.2, 0) is 0 Å². The Morgan fingerprint density at radius 3 is 2.19 bits per heavy atom. The van der Waals surface area contributed by atoms with E-state index in [1.807, 2.05) is 54.6 Å². The molecule has 0 atom stereocenters. The van der Waals surface area contributed by atoms with Crippen molar-refractivity contribution in [1.82, 2.24) is 4.98 Å². The molecule has 0 saturated carbocycles. The highest BCUT2D eigenvalue weighted by molar-refractivity contribution is 5.97. The number of anilines is 1. The van der Waals surface area contributed by atoms with Crippen LogP contribution < -0.4 is 15.2 Å². The van der Waals surface area contributed by atoms with Crippen molar-refractivity contribution < 1.29 is 9.47 Å². The molecule has 0 bridgehead atoms. The van der Waals surface area contributed by atoms with Crippen LogP contribution in [-0.4, -0.2) is 19.2 Å². The summed E-state index contributed by atoms with van der Waals surface area (Å²) in [5, 5.41) is 2.20. The molecule has 0 saturated heterocycles. The van der Waals surface area contributed by atoms with Crippen molar-refractivity contribution in [2.45, 2.75) is 0 Å². The van der Waals surface area contributed by atoms with Crippen molar-refractivity contribution in [3.63, 3.8) is 0 Å². The lowest BCUT2D eigenvalue weighted by atomic mass is 10.0. The molecule has 0 fully saturated rings. The molecule has 0 unspecified atom stereocenters. The van der Waals surface area contributed by atoms with E-state index in [4.69, 9.17) is 20.2 Å². The summed E-state index contributed by atoms with van der Waals surface area (Å²) in [6.07, 6.45) is 0. The van der Waals surface area contributed by atoms with Crippen LogP contribution in [0.2, 0.25) is 0 Å². The summed E-state index contributed by atoms with van der Waals surface area (Å²) < 4.78 is 10.8. The van der Waals surface area contributed by atoms with Gasteiger partial charge in [0.15, 0.2) is 0 Å². The number of rotatable bonds is 4. The average Bonchev–Trinajstić information content (AvgIpc) is 2.72. The Bertz CT molecular complexity index is 1100. The molecule has 134 valence electrons. The Labute approximate surface area is 158 Å².